The van der Waals surface area contributed by atoms with E-state index in [0.717, 1.165) is 96.2 Å². The first-order chi connectivity index (χ1) is 27.3. The number of imidazole rings is 1. The topological polar surface area (TPSA) is 138 Å². The van der Waals surface area contributed by atoms with E-state index in [4.69, 9.17) is 9.47 Å². The number of hydrogen-bond donors (Lipinski definition) is 4. The average Bonchev–Trinajstić information content (AvgIpc) is 3.57. The lowest BCUT2D eigenvalue weighted by atomic mass is 9.97. The standard InChI is InChI=1S/C45H53N5O6/c1-31(52)46-22-6-2-3-15-43(53)47-28-33-9-7-10-35(25-33)36-11-8-12-37(26-36)44-55-39(27-42(56-44)34-18-16-32(30-51)17-19-34)29-49-23-20-38(21-24-49)50-41-14-5-4-13-40(41)48-45(50)54/h4-5,7-14,16-19,25-26,38-39,42,44,51H,2-3,6,15,20-24,27-30H2,1H3,(H,46,52)(H,47,53)(H,48,54)/t39-,42+,44+/m1/s1. The number of nitrogens with one attached hydrogen (secondary N) is 3. The fourth-order valence-electron chi connectivity index (χ4n) is 7.98. The third-order valence-corrected chi connectivity index (χ3v) is 11.0. The minimum atomic E-state index is -0.584. The molecule has 0 unspecified atom stereocenters. The van der Waals surface area contributed by atoms with Gasteiger partial charge in [-0.1, -0.05) is 79.2 Å². The van der Waals surface area contributed by atoms with Crippen molar-refractivity contribution in [2.45, 2.75) is 89.6 Å². The summed E-state index contributed by atoms with van der Waals surface area (Å²) in [4.78, 5) is 41.9. The number of carbonyl (C=O) groups excluding carboxylic acids is 2. The van der Waals surface area contributed by atoms with Crippen LogP contribution in [0.3, 0.4) is 0 Å². The lowest BCUT2D eigenvalue weighted by Crippen LogP contribution is -2.43. The fraction of sp³-hybridized carbons (Fsp3) is 0.400. The molecule has 0 radical (unpaired) electrons. The number of nitrogens with zero attached hydrogens (tertiary/aromatic N) is 2. The number of aromatic nitrogens is 2. The van der Waals surface area contributed by atoms with Crippen molar-refractivity contribution in [2.24, 2.45) is 0 Å². The Labute approximate surface area is 328 Å². The third-order valence-electron chi connectivity index (χ3n) is 11.0. The summed E-state index contributed by atoms with van der Waals surface area (Å²) < 4.78 is 15.4. The van der Waals surface area contributed by atoms with Crippen molar-refractivity contribution >= 4 is 22.8 Å². The van der Waals surface area contributed by atoms with Gasteiger partial charge in [-0.25, -0.2) is 4.79 Å². The molecular formula is C45H53N5O6. The maximum Gasteiger partial charge on any atom is 0.326 e. The van der Waals surface area contributed by atoms with Crippen LogP contribution in [0, 0.1) is 0 Å². The summed E-state index contributed by atoms with van der Waals surface area (Å²) >= 11 is 0. The van der Waals surface area contributed by atoms with Gasteiger partial charge in [0.05, 0.1) is 29.8 Å². The van der Waals surface area contributed by atoms with Crippen molar-refractivity contribution in [1.82, 2.24) is 25.1 Å². The summed E-state index contributed by atoms with van der Waals surface area (Å²) in [7, 11) is 0. The number of fused-ring (bicyclic) bond motifs is 1. The first kappa shape index (κ1) is 39.2. The molecule has 7 rings (SSSR count). The number of amides is 2. The zero-order chi connectivity index (χ0) is 38.9. The minimum absolute atomic E-state index is 0.0106. The van der Waals surface area contributed by atoms with Gasteiger partial charge in [-0.15, -0.1) is 0 Å². The molecule has 0 bridgehead atoms. The molecule has 0 aliphatic carbocycles. The number of H-pyrrole nitrogens is 1. The highest BCUT2D eigenvalue weighted by Crippen LogP contribution is 2.39. The zero-order valence-electron chi connectivity index (χ0n) is 32.1. The predicted octanol–water partition coefficient (Wildman–Crippen LogP) is 6.68. The number of likely N-dealkylation sites (tertiary alicyclic amines) is 1. The Hall–Kier alpha value is -5.07. The van der Waals surface area contributed by atoms with Crippen molar-refractivity contribution in [3.63, 3.8) is 0 Å². The third kappa shape index (κ3) is 10.0. The SMILES string of the molecule is CC(=O)NCCCCCC(=O)NCc1cccc(-c2cccc([C@H]3O[C@@H](CN4CCC(n5c(=O)[nH]c6ccccc65)CC4)C[C@@H](c4ccc(CO)cc4)O3)c2)c1. The summed E-state index contributed by atoms with van der Waals surface area (Å²) in [6.45, 7) is 5.07. The molecule has 4 N–H and O–H groups in total. The highest BCUT2D eigenvalue weighted by Gasteiger charge is 2.34. The molecule has 2 fully saturated rings. The van der Waals surface area contributed by atoms with Gasteiger partial charge in [0.2, 0.25) is 11.8 Å². The molecule has 294 valence electrons. The van der Waals surface area contributed by atoms with Crippen LogP contribution in [0.25, 0.3) is 22.2 Å². The van der Waals surface area contributed by atoms with Crippen LogP contribution in [0.1, 0.15) is 92.6 Å². The molecule has 2 aliphatic heterocycles. The van der Waals surface area contributed by atoms with Gasteiger partial charge in [0, 0.05) is 64.1 Å². The average molecular weight is 760 g/mol. The first-order valence-corrected chi connectivity index (χ1v) is 20.0. The van der Waals surface area contributed by atoms with Gasteiger partial charge in [0.1, 0.15) is 0 Å². The molecule has 56 heavy (non-hydrogen) atoms. The second kappa shape index (κ2) is 18.7. The van der Waals surface area contributed by atoms with Crippen LogP contribution in [0.4, 0.5) is 0 Å². The van der Waals surface area contributed by atoms with Crippen molar-refractivity contribution in [1.29, 1.82) is 0 Å². The van der Waals surface area contributed by atoms with Gasteiger partial charge in [-0.05, 0) is 77.8 Å². The van der Waals surface area contributed by atoms with E-state index in [-0.39, 0.29) is 42.4 Å². The number of benzene rings is 4. The second-order valence-electron chi connectivity index (χ2n) is 15.1. The van der Waals surface area contributed by atoms with Gasteiger partial charge in [-0.3, -0.25) is 14.2 Å². The number of carbonyl (C=O) groups is 2. The maximum atomic E-state index is 12.9. The van der Waals surface area contributed by atoms with Crippen LogP contribution in [-0.2, 0) is 32.2 Å². The van der Waals surface area contributed by atoms with Gasteiger partial charge in [0.25, 0.3) is 0 Å². The molecule has 1 aromatic heterocycles. The van der Waals surface area contributed by atoms with Crippen LogP contribution < -0.4 is 16.3 Å². The van der Waals surface area contributed by atoms with Gasteiger partial charge >= 0.3 is 5.69 Å². The summed E-state index contributed by atoms with van der Waals surface area (Å²) in [5.41, 5.74) is 7.71. The molecule has 2 saturated heterocycles. The van der Waals surface area contributed by atoms with Gasteiger partial charge in [-0.2, -0.15) is 0 Å². The van der Waals surface area contributed by atoms with E-state index in [2.05, 4.69) is 44.8 Å². The number of rotatable bonds is 15. The van der Waals surface area contributed by atoms with E-state index in [1.54, 1.807) is 0 Å². The van der Waals surface area contributed by atoms with E-state index in [0.29, 0.717) is 25.9 Å². The summed E-state index contributed by atoms with van der Waals surface area (Å²) in [5, 5.41) is 15.5. The van der Waals surface area contributed by atoms with E-state index in [1.165, 1.54) is 6.92 Å². The van der Waals surface area contributed by atoms with Crippen molar-refractivity contribution in [3.05, 3.63) is 130 Å². The normalized spacial score (nSPS) is 19.2. The van der Waals surface area contributed by atoms with Crippen LogP contribution in [-0.4, -0.2) is 63.7 Å². The molecule has 3 heterocycles. The summed E-state index contributed by atoms with van der Waals surface area (Å²) in [6, 6.07) is 32.5. The van der Waals surface area contributed by atoms with Crippen molar-refractivity contribution < 1.29 is 24.2 Å². The Bertz CT molecular complexity index is 2140. The van der Waals surface area contributed by atoms with E-state index in [1.807, 2.05) is 77.4 Å². The fourth-order valence-corrected chi connectivity index (χ4v) is 7.98. The van der Waals surface area contributed by atoms with Gasteiger partial charge in [0.15, 0.2) is 6.29 Å². The molecule has 5 aromatic rings. The Morgan fingerprint density at radius 3 is 2.38 bits per heavy atom. The Morgan fingerprint density at radius 2 is 1.59 bits per heavy atom. The number of aliphatic hydroxyl groups excluding tert-OH is 1. The first-order valence-electron chi connectivity index (χ1n) is 20.0. The zero-order valence-corrected chi connectivity index (χ0v) is 32.1. The number of para-hydroxylation sites is 2. The lowest BCUT2D eigenvalue weighted by molar-refractivity contribution is -0.253. The minimum Gasteiger partial charge on any atom is -0.392 e. The number of hydrogen-bond acceptors (Lipinski definition) is 7. The molecule has 3 atom stereocenters. The number of ether oxygens (including phenoxy) is 2. The van der Waals surface area contributed by atoms with Crippen LogP contribution >= 0.6 is 0 Å². The molecule has 4 aromatic carbocycles. The Balaban J connectivity index is 1.00. The number of aliphatic hydroxyl groups is 1. The maximum absolute atomic E-state index is 12.9. The largest absolute Gasteiger partial charge is 0.392 e. The van der Waals surface area contributed by atoms with Crippen molar-refractivity contribution in [3.8, 4) is 11.1 Å². The highest BCUT2D eigenvalue weighted by atomic mass is 16.7. The molecule has 11 nitrogen and oxygen atoms in total. The molecular weight excluding hydrogens is 707 g/mol. The second-order valence-corrected chi connectivity index (χ2v) is 15.1. The van der Waals surface area contributed by atoms with Gasteiger partial charge < -0.3 is 35.1 Å². The molecule has 0 saturated carbocycles. The monoisotopic (exact) mass is 759 g/mol. The van der Waals surface area contributed by atoms with E-state index < -0.39 is 6.29 Å². The van der Waals surface area contributed by atoms with Crippen LogP contribution in [0.15, 0.2) is 102 Å². The predicted molar refractivity (Wildman–Crippen MR) is 217 cm³/mol. The van der Waals surface area contributed by atoms with Crippen LogP contribution in [0.5, 0.6) is 0 Å². The Kier molecular flexibility index (Phi) is 13.1. The summed E-state index contributed by atoms with van der Waals surface area (Å²) in [5.74, 6) is -0.00837. The molecule has 2 amide bonds. The van der Waals surface area contributed by atoms with E-state index >= 15 is 0 Å². The highest BCUT2D eigenvalue weighted by molar-refractivity contribution is 5.76. The molecule has 0 spiro atoms. The Morgan fingerprint density at radius 1 is 0.821 bits per heavy atom. The van der Waals surface area contributed by atoms with Crippen LogP contribution in [0.2, 0.25) is 0 Å². The quantitative estimate of drug-likeness (QED) is 0.0874. The molecule has 11 heteroatoms. The number of unbranched alkanes of at least 4 members (excludes halogenated alkanes) is 2. The van der Waals surface area contributed by atoms with Crippen molar-refractivity contribution in [2.75, 3.05) is 26.2 Å². The van der Waals surface area contributed by atoms with E-state index in [9.17, 15) is 19.5 Å². The summed E-state index contributed by atoms with van der Waals surface area (Å²) in [6.07, 6.45) is 4.59. The lowest BCUT2D eigenvalue weighted by Gasteiger charge is -2.40. The number of piperidine rings is 1. The number of aromatic amines is 1. The molecule has 2 aliphatic rings. The smallest absolute Gasteiger partial charge is 0.326 e.